The van der Waals surface area contributed by atoms with Crippen LogP contribution in [0.25, 0.3) is 0 Å². The summed E-state index contributed by atoms with van der Waals surface area (Å²) in [5.74, 6) is -2.52. The zero-order valence-corrected chi connectivity index (χ0v) is 17.4. The van der Waals surface area contributed by atoms with Crippen LogP contribution >= 0.6 is 0 Å². The Kier molecular flexibility index (Phi) is 18.3. The van der Waals surface area contributed by atoms with Crippen LogP contribution in [0.15, 0.2) is 0 Å². The second kappa shape index (κ2) is 16.5. The Bertz CT molecular complexity index is 372. The fraction of sp³-hybridized carbons (Fsp3) is 0.833. The molecule has 0 amide bonds. The van der Waals surface area contributed by atoms with Gasteiger partial charge in [0, 0.05) is 0 Å². The summed E-state index contributed by atoms with van der Waals surface area (Å²) >= 11 is 0. The Labute approximate surface area is 162 Å². The molecule has 0 aliphatic rings. The maximum absolute atomic E-state index is 10.2. The first kappa shape index (κ1) is 30.0. The third-order valence-electron chi connectivity index (χ3n) is 4.63. The number of rotatable bonds is 9. The van der Waals surface area contributed by atoms with Gasteiger partial charge in [0.15, 0.2) is 0 Å². The van der Waals surface area contributed by atoms with Crippen LogP contribution in [0.3, 0.4) is 0 Å². The van der Waals surface area contributed by atoms with Crippen molar-refractivity contribution in [2.75, 3.05) is 0 Å². The van der Waals surface area contributed by atoms with Crippen molar-refractivity contribution in [3.63, 3.8) is 0 Å². The normalized spacial score (nSPS) is 16.8. The minimum absolute atomic E-state index is 0.0718. The zero-order valence-electron chi connectivity index (χ0n) is 17.4. The summed E-state index contributed by atoms with van der Waals surface area (Å²) in [6.07, 6.45) is 2.44. The van der Waals surface area contributed by atoms with Crippen molar-refractivity contribution in [1.82, 2.24) is 0 Å². The van der Waals surface area contributed by atoms with Crippen LogP contribution in [0.2, 0.25) is 0 Å². The van der Waals surface area contributed by atoms with Crippen molar-refractivity contribution >= 4 is 17.9 Å². The van der Waals surface area contributed by atoms with E-state index in [1.165, 1.54) is 0 Å². The average molecular weight is 394 g/mol. The van der Waals surface area contributed by atoms with Gasteiger partial charge in [-0.1, -0.05) is 60.8 Å². The highest BCUT2D eigenvalue weighted by Gasteiger charge is 2.18. The van der Waals surface area contributed by atoms with E-state index in [2.05, 4.69) is 0 Å². The monoisotopic (exact) mass is 393 g/mol. The molecule has 0 aromatic rings. The van der Waals surface area contributed by atoms with Gasteiger partial charge in [-0.05, 0) is 17.8 Å². The summed E-state index contributed by atoms with van der Waals surface area (Å²) in [5.41, 5.74) is 15.8. The lowest BCUT2D eigenvalue weighted by Gasteiger charge is -2.11. The maximum atomic E-state index is 10.2. The van der Waals surface area contributed by atoms with Crippen molar-refractivity contribution in [3.05, 3.63) is 0 Å². The average Bonchev–Trinajstić information content (AvgIpc) is 2.64. The molecule has 0 spiro atoms. The summed E-state index contributed by atoms with van der Waals surface area (Å²) in [6, 6.07) is -2.10. The van der Waals surface area contributed by atoms with Gasteiger partial charge in [-0.25, -0.2) is 0 Å². The van der Waals surface area contributed by atoms with Crippen LogP contribution in [0, 0.1) is 17.8 Å². The second-order valence-corrected chi connectivity index (χ2v) is 6.75. The predicted octanol–water partition coefficient (Wildman–Crippen LogP) is 1.33. The molecular weight excluding hydrogens is 354 g/mol. The molecule has 6 unspecified atom stereocenters. The van der Waals surface area contributed by atoms with E-state index in [0.717, 1.165) is 19.3 Å². The zero-order chi connectivity index (χ0) is 22.3. The quantitative estimate of drug-likeness (QED) is 0.335. The molecule has 0 fully saturated rings. The maximum Gasteiger partial charge on any atom is 0.320 e. The van der Waals surface area contributed by atoms with Crippen LogP contribution in [-0.4, -0.2) is 51.4 Å². The Morgan fingerprint density at radius 1 is 0.593 bits per heavy atom. The first-order valence-electron chi connectivity index (χ1n) is 9.23. The second-order valence-electron chi connectivity index (χ2n) is 6.75. The van der Waals surface area contributed by atoms with Gasteiger partial charge < -0.3 is 32.5 Å². The number of carbonyl (C=O) groups is 3. The number of carboxylic acid groups (broad SMARTS) is 3. The Morgan fingerprint density at radius 2 is 0.741 bits per heavy atom. The number of aliphatic carboxylic acids is 3. The largest absolute Gasteiger partial charge is 0.480 e. The van der Waals surface area contributed by atoms with Gasteiger partial charge in [0.1, 0.15) is 18.1 Å². The lowest BCUT2D eigenvalue weighted by Crippen LogP contribution is -2.36. The van der Waals surface area contributed by atoms with Gasteiger partial charge in [-0.3, -0.25) is 14.4 Å². The van der Waals surface area contributed by atoms with Gasteiger partial charge in [0.25, 0.3) is 0 Å². The molecule has 6 atom stereocenters. The number of hydrogen-bond donors (Lipinski definition) is 6. The van der Waals surface area contributed by atoms with E-state index in [9.17, 15) is 14.4 Å². The van der Waals surface area contributed by atoms with E-state index >= 15 is 0 Å². The first-order valence-corrected chi connectivity index (χ1v) is 9.23. The number of carboxylic acids is 3. The van der Waals surface area contributed by atoms with Gasteiger partial charge in [-0.2, -0.15) is 0 Å². The minimum atomic E-state index is -0.913. The van der Waals surface area contributed by atoms with Gasteiger partial charge in [-0.15, -0.1) is 0 Å². The van der Waals surface area contributed by atoms with Crippen molar-refractivity contribution in [1.29, 1.82) is 0 Å². The molecule has 0 aliphatic heterocycles. The van der Waals surface area contributed by atoms with Crippen LogP contribution in [-0.2, 0) is 14.4 Å². The molecule has 9 nitrogen and oxygen atoms in total. The molecule has 0 rings (SSSR count). The molecular formula is C18H39N3O6. The summed E-state index contributed by atoms with van der Waals surface area (Å²) in [7, 11) is 0. The molecule has 0 aliphatic carbocycles. The lowest BCUT2D eigenvalue weighted by atomic mass is 10.0. The fourth-order valence-corrected chi connectivity index (χ4v) is 1.49. The summed E-state index contributed by atoms with van der Waals surface area (Å²) in [6.45, 7) is 11.3. The van der Waals surface area contributed by atoms with E-state index in [4.69, 9.17) is 32.5 Å². The molecule has 0 saturated heterocycles. The first-order chi connectivity index (χ1) is 12.3. The highest BCUT2D eigenvalue weighted by molar-refractivity contribution is 5.74. The lowest BCUT2D eigenvalue weighted by molar-refractivity contribution is -0.140. The van der Waals surface area contributed by atoms with Crippen molar-refractivity contribution in [2.24, 2.45) is 35.0 Å². The van der Waals surface area contributed by atoms with Crippen molar-refractivity contribution in [2.45, 2.75) is 78.9 Å². The Morgan fingerprint density at radius 3 is 0.778 bits per heavy atom. The molecule has 0 bridgehead atoms. The molecule has 0 saturated carbocycles. The van der Waals surface area contributed by atoms with E-state index < -0.39 is 36.0 Å². The Hall–Kier alpha value is -1.71. The molecule has 0 aromatic heterocycles. The molecule has 0 heterocycles. The molecule has 162 valence electrons. The van der Waals surface area contributed by atoms with Gasteiger partial charge in [0.05, 0.1) is 0 Å². The topological polar surface area (TPSA) is 190 Å². The van der Waals surface area contributed by atoms with Crippen LogP contribution in [0.4, 0.5) is 0 Å². The summed E-state index contributed by atoms with van der Waals surface area (Å²) in [5, 5.41) is 25.1. The number of hydrogen-bond acceptors (Lipinski definition) is 6. The molecule has 0 aromatic carbocycles. The molecule has 27 heavy (non-hydrogen) atoms. The third kappa shape index (κ3) is 15.1. The predicted molar refractivity (Wildman–Crippen MR) is 105 cm³/mol. The van der Waals surface area contributed by atoms with E-state index in [-0.39, 0.29) is 17.8 Å². The van der Waals surface area contributed by atoms with E-state index in [0.29, 0.717) is 0 Å². The third-order valence-corrected chi connectivity index (χ3v) is 4.63. The van der Waals surface area contributed by atoms with E-state index in [1.807, 2.05) is 41.5 Å². The summed E-state index contributed by atoms with van der Waals surface area (Å²) in [4.78, 5) is 30.5. The highest BCUT2D eigenvalue weighted by Crippen LogP contribution is 2.05. The minimum Gasteiger partial charge on any atom is -0.480 e. The van der Waals surface area contributed by atoms with Crippen LogP contribution in [0.5, 0.6) is 0 Å². The van der Waals surface area contributed by atoms with Crippen LogP contribution < -0.4 is 17.2 Å². The fourth-order valence-electron chi connectivity index (χ4n) is 1.49. The SMILES string of the molecule is CCC(C)C(N)C(=O)O.CCC(C)C(N)C(=O)O.CCC(C)C(N)C(=O)O. The highest BCUT2D eigenvalue weighted by atomic mass is 16.4. The standard InChI is InChI=1S/3C6H13NO2/c3*1-3-4(2)5(7)6(8)9/h3*4-5H,3,7H2,1-2H3,(H,8,9). The smallest absolute Gasteiger partial charge is 0.320 e. The summed E-state index contributed by atoms with van der Waals surface area (Å²) < 4.78 is 0. The Balaban J connectivity index is -0.000000320. The molecule has 9 N–H and O–H groups in total. The van der Waals surface area contributed by atoms with Crippen molar-refractivity contribution in [3.8, 4) is 0 Å². The van der Waals surface area contributed by atoms with Gasteiger partial charge >= 0.3 is 17.9 Å². The van der Waals surface area contributed by atoms with E-state index in [1.54, 1.807) is 0 Å². The van der Waals surface area contributed by atoms with Crippen molar-refractivity contribution < 1.29 is 29.7 Å². The number of nitrogens with two attached hydrogens (primary N) is 3. The molecule has 0 radical (unpaired) electrons. The van der Waals surface area contributed by atoms with Crippen LogP contribution in [0.1, 0.15) is 60.8 Å². The van der Waals surface area contributed by atoms with Gasteiger partial charge in [0.2, 0.25) is 0 Å². The molecule has 9 heteroatoms.